The van der Waals surface area contributed by atoms with Crippen LogP contribution in [0.3, 0.4) is 0 Å². The van der Waals surface area contributed by atoms with E-state index >= 15 is 0 Å². The van der Waals surface area contributed by atoms with Crippen LogP contribution in [-0.4, -0.2) is 52.2 Å². The second kappa shape index (κ2) is 5.43. The fourth-order valence-electron chi connectivity index (χ4n) is 2.38. The average molecular weight is 316 g/mol. The SMILES string of the molecule is CCCn1cc(S(=O)(=O)N2CC(O)(CC)C2)cc1C(=O)O. The van der Waals surface area contributed by atoms with Crippen molar-refractivity contribution in [1.29, 1.82) is 0 Å². The lowest BCUT2D eigenvalue weighted by atomic mass is 9.94. The molecule has 8 heteroatoms. The van der Waals surface area contributed by atoms with Crippen molar-refractivity contribution in [3.8, 4) is 0 Å². The van der Waals surface area contributed by atoms with Crippen LogP contribution in [0.1, 0.15) is 37.2 Å². The fourth-order valence-corrected chi connectivity index (χ4v) is 4.02. The number of nitrogens with zero attached hydrogens (tertiary/aromatic N) is 2. The number of carboxylic acid groups (broad SMARTS) is 1. The van der Waals surface area contributed by atoms with Gasteiger partial charge in [-0.05, 0) is 18.9 Å². The molecule has 2 heterocycles. The molecule has 0 bridgehead atoms. The third-order valence-corrected chi connectivity index (χ3v) is 5.55. The Bertz CT molecular complexity index is 644. The minimum Gasteiger partial charge on any atom is -0.477 e. The van der Waals surface area contributed by atoms with E-state index < -0.39 is 21.6 Å². The largest absolute Gasteiger partial charge is 0.477 e. The summed E-state index contributed by atoms with van der Waals surface area (Å²) in [4.78, 5) is 11.1. The standard InChI is InChI=1S/C13H20N2O5S/c1-3-5-14-7-10(6-11(14)12(16)17)21(19,20)15-8-13(18,4-2)9-15/h6-7,18H,3-5,8-9H2,1-2H3,(H,16,17). The van der Waals surface area contributed by atoms with Gasteiger partial charge in [-0.2, -0.15) is 4.31 Å². The third-order valence-electron chi connectivity index (χ3n) is 3.79. The summed E-state index contributed by atoms with van der Waals surface area (Å²) in [6.07, 6.45) is 2.54. The van der Waals surface area contributed by atoms with Crippen molar-refractivity contribution < 1.29 is 23.4 Å². The average Bonchev–Trinajstić information content (AvgIpc) is 2.80. The van der Waals surface area contributed by atoms with Crippen LogP contribution in [0.15, 0.2) is 17.2 Å². The third kappa shape index (κ3) is 2.83. The molecule has 0 atom stereocenters. The molecular weight excluding hydrogens is 296 g/mol. The Morgan fingerprint density at radius 2 is 2.00 bits per heavy atom. The van der Waals surface area contributed by atoms with Crippen molar-refractivity contribution in [3.63, 3.8) is 0 Å². The quantitative estimate of drug-likeness (QED) is 0.806. The maximum atomic E-state index is 12.4. The van der Waals surface area contributed by atoms with Crippen LogP contribution in [0.25, 0.3) is 0 Å². The lowest BCUT2D eigenvalue weighted by Crippen LogP contribution is -2.62. The van der Waals surface area contributed by atoms with E-state index in [-0.39, 0.29) is 23.7 Å². The minimum absolute atomic E-state index is 0.0356. The highest BCUT2D eigenvalue weighted by Gasteiger charge is 2.46. The second-order valence-electron chi connectivity index (χ2n) is 5.41. The molecule has 1 aliphatic heterocycles. The summed E-state index contributed by atoms with van der Waals surface area (Å²) in [7, 11) is -3.75. The molecule has 2 rings (SSSR count). The highest BCUT2D eigenvalue weighted by molar-refractivity contribution is 7.89. The van der Waals surface area contributed by atoms with Gasteiger partial charge in [0.15, 0.2) is 0 Å². The maximum absolute atomic E-state index is 12.4. The van der Waals surface area contributed by atoms with Gasteiger partial charge in [0.2, 0.25) is 10.0 Å². The van der Waals surface area contributed by atoms with Gasteiger partial charge in [-0.1, -0.05) is 13.8 Å². The van der Waals surface area contributed by atoms with Crippen LogP contribution in [0.4, 0.5) is 0 Å². The molecule has 0 saturated carbocycles. The van der Waals surface area contributed by atoms with E-state index in [2.05, 4.69) is 0 Å². The molecule has 0 aliphatic carbocycles. The van der Waals surface area contributed by atoms with Gasteiger partial charge in [0, 0.05) is 25.8 Å². The molecule has 7 nitrogen and oxygen atoms in total. The first kappa shape index (κ1) is 16.0. The first-order valence-corrected chi connectivity index (χ1v) is 8.33. The maximum Gasteiger partial charge on any atom is 0.352 e. The van der Waals surface area contributed by atoms with E-state index in [1.807, 2.05) is 6.92 Å². The number of carboxylic acids is 1. The smallest absolute Gasteiger partial charge is 0.352 e. The predicted molar refractivity (Wildman–Crippen MR) is 75.7 cm³/mol. The highest BCUT2D eigenvalue weighted by atomic mass is 32.2. The van der Waals surface area contributed by atoms with Crippen LogP contribution in [0.5, 0.6) is 0 Å². The molecular formula is C13H20N2O5S. The van der Waals surface area contributed by atoms with Crippen molar-refractivity contribution in [1.82, 2.24) is 8.87 Å². The normalized spacial score (nSPS) is 18.4. The van der Waals surface area contributed by atoms with Crippen LogP contribution in [-0.2, 0) is 16.6 Å². The lowest BCUT2D eigenvalue weighted by molar-refractivity contribution is -0.0613. The Hall–Kier alpha value is -1.38. The molecule has 0 aromatic carbocycles. The zero-order chi connectivity index (χ0) is 15.8. The molecule has 1 fully saturated rings. The molecule has 1 aromatic rings. The van der Waals surface area contributed by atoms with Gasteiger partial charge in [-0.25, -0.2) is 13.2 Å². The molecule has 2 N–H and O–H groups in total. The highest BCUT2D eigenvalue weighted by Crippen LogP contribution is 2.31. The molecule has 0 spiro atoms. The number of aromatic carboxylic acids is 1. The summed E-state index contributed by atoms with van der Waals surface area (Å²) in [6.45, 7) is 4.22. The molecule has 1 aromatic heterocycles. The van der Waals surface area contributed by atoms with Gasteiger partial charge in [-0.3, -0.25) is 0 Å². The molecule has 1 saturated heterocycles. The number of rotatable bonds is 6. The van der Waals surface area contributed by atoms with E-state index in [4.69, 9.17) is 5.11 Å². The van der Waals surface area contributed by atoms with Gasteiger partial charge >= 0.3 is 5.97 Å². The number of aliphatic hydroxyl groups is 1. The Morgan fingerprint density at radius 1 is 1.38 bits per heavy atom. The van der Waals surface area contributed by atoms with Gasteiger partial charge in [0.05, 0.1) is 5.60 Å². The number of aryl methyl sites for hydroxylation is 1. The van der Waals surface area contributed by atoms with Crippen LogP contribution in [0, 0.1) is 0 Å². The predicted octanol–water partition coefficient (Wildman–Crippen LogP) is 0.742. The van der Waals surface area contributed by atoms with E-state index in [1.54, 1.807) is 6.92 Å². The minimum atomic E-state index is -3.75. The topological polar surface area (TPSA) is 99.8 Å². The fraction of sp³-hybridized carbons (Fsp3) is 0.615. The zero-order valence-corrected chi connectivity index (χ0v) is 12.9. The van der Waals surface area contributed by atoms with E-state index in [1.165, 1.54) is 21.1 Å². The summed E-state index contributed by atoms with van der Waals surface area (Å²) in [5.74, 6) is -1.15. The van der Waals surface area contributed by atoms with Crippen molar-refractivity contribution in [2.75, 3.05) is 13.1 Å². The summed E-state index contributed by atoms with van der Waals surface area (Å²) in [6, 6.07) is 1.18. The summed E-state index contributed by atoms with van der Waals surface area (Å²) < 4.78 is 27.4. The zero-order valence-electron chi connectivity index (χ0n) is 12.1. The Balaban J connectivity index is 2.29. The summed E-state index contributed by atoms with van der Waals surface area (Å²) >= 11 is 0. The van der Waals surface area contributed by atoms with E-state index in [0.29, 0.717) is 19.4 Å². The number of hydrogen-bond acceptors (Lipinski definition) is 4. The number of β-amino-alcohol motifs (C(OH)–C–C–N with tert-alkyl or cyclic N) is 1. The van der Waals surface area contributed by atoms with Gasteiger partial charge in [-0.15, -0.1) is 0 Å². The first-order valence-electron chi connectivity index (χ1n) is 6.89. The molecule has 118 valence electrons. The van der Waals surface area contributed by atoms with Gasteiger partial charge in [0.25, 0.3) is 0 Å². The lowest BCUT2D eigenvalue weighted by Gasteiger charge is -2.44. The van der Waals surface area contributed by atoms with Crippen LogP contribution in [0.2, 0.25) is 0 Å². The molecule has 0 amide bonds. The monoisotopic (exact) mass is 316 g/mol. The number of carbonyl (C=O) groups is 1. The Kier molecular flexibility index (Phi) is 4.14. The molecule has 21 heavy (non-hydrogen) atoms. The molecule has 0 unspecified atom stereocenters. The Morgan fingerprint density at radius 3 is 2.48 bits per heavy atom. The van der Waals surface area contributed by atoms with Gasteiger partial charge in [0.1, 0.15) is 10.6 Å². The van der Waals surface area contributed by atoms with Gasteiger partial charge < -0.3 is 14.8 Å². The van der Waals surface area contributed by atoms with Crippen LogP contribution >= 0.6 is 0 Å². The number of aromatic nitrogens is 1. The van der Waals surface area contributed by atoms with Crippen molar-refractivity contribution in [3.05, 3.63) is 18.0 Å². The number of sulfonamides is 1. The van der Waals surface area contributed by atoms with E-state index in [9.17, 15) is 18.3 Å². The summed E-state index contributed by atoms with van der Waals surface area (Å²) in [5, 5.41) is 19.1. The number of hydrogen-bond donors (Lipinski definition) is 2. The van der Waals surface area contributed by atoms with Crippen molar-refractivity contribution >= 4 is 16.0 Å². The Labute approximate surface area is 123 Å². The first-order chi connectivity index (χ1) is 9.73. The second-order valence-corrected chi connectivity index (χ2v) is 7.35. The van der Waals surface area contributed by atoms with E-state index in [0.717, 1.165) is 0 Å². The van der Waals surface area contributed by atoms with Crippen LogP contribution < -0.4 is 0 Å². The van der Waals surface area contributed by atoms with Crippen molar-refractivity contribution in [2.45, 2.75) is 43.7 Å². The molecule has 0 radical (unpaired) electrons. The van der Waals surface area contributed by atoms with Crippen molar-refractivity contribution in [2.24, 2.45) is 0 Å². The summed E-state index contributed by atoms with van der Waals surface area (Å²) in [5.41, 5.74) is -1.00. The molecule has 1 aliphatic rings.